The summed E-state index contributed by atoms with van der Waals surface area (Å²) in [5.41, 5.74) is 3.85. The number of carbonyl (C=O) groups excluding carboxylic acids is 3. The van der Waals surface area contributed by atoms with E-state index in [9.17, 15) is 14.4 Å². The van der Waals surface area contributed by atoms with Crippen LogP contribution in [-0.2, 0) is 16.1 Å². The van der Waals surface area contributed by atoms with Crippen LogP contribution in [0.1, 0.15) is 42.6 Å². The molecule has 3 heterocycles. The lowest BCUT2D eigenvalue weighted by Crippen LogP contribution is -2.58. The average Bonchev–Trinajstić information content (AvgIpc) is 3.10. The lowest BCUT2D eigenvalue weighted by Gasteiger charge is -2.46. The summed E-state index contributed by atoms with van der Waals surface area (Å²) in [6.07, 6.45) is 1.38. The minimum Gasteiger partial charge on any atom is -0.371 e. The number of rotatable bonds is 5. The predicted molar refractivity (Wildman–Crippen MR) is 118 cm³/mol. The van der Waals surface area contributed by atoms with Crippen molar-refractivity contribution in [2.24, 2.45) is 0 Å². The number of piperazine rings is 1. The molecule has 8 heteroatoms. The fourth-order valence-corrected chi connectivity index (χ4v) is 4.62. The van der Waals surface area contributed by atoms with E-state index in [0.29, 0.717) is 24.6 Å². The van der Waals surface area contributed by atoms with Gasteiger partial charge in [-0.1, -0.05) is 13.8 Å². The zero-order valence-electron chi connectivity index (χ0n) is 18.4. The average molecular weight is 416 g/mol. The molecule has 30 heavy (non-hydrogen) atoms. The molecule has 0 radical (unpaired) electrons. The Morgan fingerprint density at radius 3 is 2.80 bits per heavy atom. The first-order valence-corrected chi connectivity index (χ1v) is 10.9. The van der Waals surface area contributed by atoms with E-state index in [4.69, 9.17) is 0 Å². The molecule has 3 aliphatic heterocycles. The van der Waals surface area contributed by atoms with Crippen LogP contribution in [0.5, 0.6) is 0 Å². The quantitative estimate of drug-likeness (QED) is 0.698. The van der Waals surface area contributed by atoms with Crippen molar-refractivity contribution in [2.45, 2.75) is 45.3 Å². The van der Waals surface area contributed by atoms with E-state index >= 15 is 0 Å². The van der Waals surface area contributed by atoms with Crippen LogP contribution in [0.2, 0.25) is 0 Å². The summed E-state index contributed by atoms with van der Waals surface area (Å²) in [5.74, 6) is -0.361. The Bertz CT molecular complexity index is 812. The first-order chi connectivity index (χ1) is 14.5. The van der Waals surface area contributed by atoms with Crippen molar-refractivity contribution in [2.75, 3.05) is 50.1 Å². The van der Waals surface area contributed by atoms with Gasteiger partial charge in [-0.3, -0.25) is 9.59 Å². The smallest absolute Gasteiger partial charge is 0.255 e. The summed E-state index contributed by atoms with van der Waals surface area (Å²) in [6, 6.07) is 3.89. The Hall–Kier alpha value is -2.61. The summed E-state index contributed by atoms with van der Waals surface area (Å²) >= 11 is 0. The number of hydrogen-bond acceptors (Lipinski definition) is 6. The molecule has 0 spiro atoms. The number of aldehydes is 1. The zero-order chi connectivity index (χ0) is 21.8. The molecule has 2 amide bonds. The molecule has 3 aliphatic rings. The van der Waals surface area contributed by atoms with Gasteiger partial charge in [0.2, 0.25) is 5.91 Å². The molecule has 0 saturated carbocycles. The molecule has 0 aromatic heterocycles. The minimum atomic E-state index is -0.628. The highest BCUT2D eigenvalue weighted by molar-refractivity contribution is 6.03. The molecule has 2 atom stereocenters. The predicted octanol–water partition coefficient (Wildman–Crippen LogP) is 0.990. The fourth-order valence-electron chi connectivity index (χ4n) is 4.62. The number of nitrogens with zero attached hydrogens (tertiary/aromatic N) is 3. The van der Waals surface area contributed by atoms with E-state index in [-0.39, 0.29) is 18.2 Å². The van der Waals surface area contributed by atoms with Gasteiger partial charge in [0.25, 0.3) is 5.91 Å². The molecule has 4 rings (SSSR count). The minimum absolute atomic E-state index is 0.131. The Morgan fingerprint density at radius 2 is 2.10 bits per heavy atom. The van der Waals surface area contributed by atoms with Crippen LogP contribution in [0, 0.1) is 0 Å². The summed E-state index contributed by atoms with van der Waals surface area (Å²) < 4.78 is 0. The molecule has 0 aliphatic carbocycles. The lowest BCUT2D eigenvalue weighted by atomic mass is 10.0. The molecule has 1 aromatic rings. The van der Waals surface area contributed by atoms with Gasteiger partial charge in [0.15, 0.2) is 0 Å². The first-order valence-electron chi connectivity index (χ1n) is 10.9. The molecule has 1 aromatic carbocycles. The van der Waals surface area contributed by atoms with Crippen LogP contribution in [0.4, 0.5) is 11.4 Å². The summed E-state index contributed by atoms with van der Waals surface area (Å²) in [6.45, 7) is 8.17. The van der Waals surface area contributed by atoms with E-state index in [0.717, 1.165) is 49.4 Å². The highest BCUT2D eigenvalue weighted by Crippen LogP contribution is 2.40. The van der Waals surface area contributed by atoms with Crippen LogP contribution in [-0.4, -0.2) is 75.4 Å². The van der Waals surface area contributed by atoms with Crippen molar-refractivity contribution in [1.29, 1.82) is 0 Å². The number of carbonyl (C=O) groups is 3. The van der Waals surface area contributed by atoms with Crippen LogP contribution >= 0.6 is 0 Å². The molecule has 2 N–H and O–H groups in total. The number of hydrogen-bond donors (Lipinski definition) is 2. The number of benzene rings is 1. The molecule has 1 fully saturated rings. The van der Waals surface area contributed by atoms with Crippen LogP contribution in [0.25, 0.3) is 0 Å². The Kier molecular flexibility index (Phi) is 6.97. The van der Waals surface area contributed by atoms with Crippen molar-refractivity contribution >= 4 is 29.5 Å². The Labute approximate surface area is 178 Å². The Morgan fingerprint density at radius 1 is 1.33 bits per heavy atom. The molecule has 0 bridgehead atoms. The van der Waals surface area contributed by atoms with E-state index in [1.54, 1.807) is 11.9 Å². The van der Waals surface area contributed by atoms with Crippen molar-refractivity contribution in [1.82, 2.24) is 15.5 Å². The third-order valence-corrected chi connectivity index (χ3v) is 6.07. The maximum atomic E-state index is 13.1. The molecule has 2 unspecified atom stereocenters. The van der Waals surface area contributed by atoms with Gasteiger partial charge in [0, 0.05) is 58.8 Å². The second-order valence-electron chi connectivity index (χ2n) is 7.74. The van der Waals surface area contributed by atoms with Crippen molar-refractivity contribution in [3.8, 4) is 0 Å². The maximum Gasteiger partial charge on any atom is 0.255 e. The highest BCUT2D eigenvalue weighted by atomic mass is 16.2. The fraction of sp³-hybridized carbons (Fsp3) is 0.591. The van der Waals surface area contributed by atoms with Crippen molar-refractivity contribution in [3.05, 3.63) is 23.3 Å². The number of nitrogens with one attached hydrogen (secondary N) is 2. The van der Waals surface area contributed by atoms with Crippen LogP contribution < -0.4 is 20.4 Å². The number of fused-ring (bicyclic) bond motifs is 4. The molecular weight excluding hydrogens is 382 g/mol. The van der Waals surface area contributed by atoms with E-state index in [1.165, 1.54) is 0 Å². The molecule has 164 valence electrons. The second-order valence-corrected chi connectivity index (χ2v) is 7.74. The van der Waals surface area contributed by atoms with E-state index in [1.807, 2.05) is 19.9 Å². The van der Waals surface area contributed by atoms with Crippen LogP contribution in [0.15, 0.2) is 12.1 Å². The van der Waals surface area contributed by atoms with E-state index < -0.39 is 6.04 Å². The third-order valence-electron chi connectivity index (χ3n) is 6.07. The summed E-state index contributed by atoms with van der Waals surface area (Å²) in [5, 5.41) is 6.08. The second kappa shape index (κ2) is 9.47. The van der Waals surface area contributed by atoms with Gasteiger partial charge in [0.05, 0.1) is 17.4 Å². The topological polar surface area (TPSA) is 85.0 Å². The molecular formula is C22H33N5O3. The van der Waals surface area contributed by atoms with E-state index in [2.05, 4.69) is 33.5 Å². The number of likely N-dealkylation sites (N-methyl/N-ethyl adjacent to an activating group) is 2. The molecule has 8 nitrogen and oxygen atoms in total. The lowest BCUT2D eigenvalue weighted by molar-refractivity contribution is -0.125. The standard InChI is InChI=1S/C20H27N5O3.C2H6/c1-21-19(27)16(4-3-7-26)25-11-13-8-18-17(9-15(13)20(25)28)23(2)12-14-10-22-5-6-24(14)18;1-2/h7-9,14,16,22H,3-6,10-12H2,1-2H3,(H,21,27);1-2H3. The van der Waals surface area contributed by atoms with Crippen molar-refractivity contribution in [3.63, 3.8) is 0 Å². The van der Waals surface area contributed by atoms with Crippen molar-refractivity contribution < 1.29 is 14.4 Å². The van der Waals surface area contributed by atoms with Gasteiger partial charge in [-0.15, -0.1) is 0 Å². The summed E-state index contributed by atoms with van der Waals surface area (Å²) in [7, 11) is 3.62. The monoisotopic (exact) mass is 415 g/mol. The SMILES string of the molecule is CC.CNC(=O)C(CCC=O)N1Cc2cc3c(cc2C1=O)N(C)CC1CNCCN31. The highest BCUT2D eigenvalue weighted by Gasteiger charge is 2.39. The normalized spacial score (nSPS) is 20.5. The van der Waals surface area contributed by atoms with Gasteiger partial charge >= 0.3 is 0 Å². The third kappa shape index (κ3) is 3.88. The van der Waals surface area contributed by atoms with Crippen LogP contribution in [0.3, 0.4) is 0 Å². The van der Waals surface area contributed by atoms with Gasteiger partial charge in [-0.2, -0.15) is 0 Å². The number of anilines is 2. The molecule has 1 saturated heterocycles. The maximum absolute atomic E-state index is 13.1. The summed E-state index contributed by atoms with van der Waals surface area (Å²) in [4.78, 5) is 42.5. The largest absolute Gasteiger partial charge is 0.371 e. The zero-order valence-corrected chi connectivity index (χ0v) is 18.4. The Balaban J connectivity index is 0.00000124. The first kappa shape index (κ1) is 22.1. The van der Waals surface area contributed by atoms with Gasteiger partial charge in [-0.25, -0.2) is 0 Å². The van der Waals surface area contributed by atoms with Gasteiger partial charge in [0.1, 0.15) is 12.3 Å². The number of amides is 2. The van der Waals surface area contributed by atoms with Gasteiger partial charge < -0.3 is 30.1 Å². The van der Waals surface area contributed by atoms with Gasteiger partial charge in [-0.05, 0) is 24.1 Å².